The van der Waals surface area contributed by atoms with Gasteiger partial charge in [0.05, 0.1) is 19.3 Å². The maximum absolute atomic E-state index is 11.1. The number of carbonyl (C=O) groups excluding carboxylic acids is 1. The van der Waals surface area contributed by atoms with Gasteiger partial charge in [-0.1, -0.05) is 6.07 Å². The van der Waals surface area contributed by atoms with Crippen molar-refractivity contribution in [1.29, 1.82) is 0 Å². The maximum atomic E-state index is 11.1. The summed E-state index contributed by atoms with van der Waals surface area (Å²) in [5, 5.41) is 0. The molecule has 1 aliphatic heterocycles. The third-order valence-electron chi connectivity index (χ3n) is 4.29. The summed E-state index contributed by atoms with van der Waals surface area (Å²) >= 11 is 0. The van der Waals surface area contributed by atoms with Crippen LogP contribution in [0.5, 0.6) is 11.5 Å². The molecule has 1 aliphatic rings. The van der Waals surface area contributed by atoms with Crippen LogP contribution >= 0.6 is 0 Å². The van der Waals surface area contributed by atoms with Gasteiger partial charge in [0.15, 0.2) is 17.8 Å². The van der Waals surface area contributed by atoms with E-state index >= 15 is 0 Å². The first-order valence-corrected chi connectivity index (χ1v) is 7.65. The predicted octanol–water partition coefficient (Wildman–Crippen LogP) is 3.69. The molecule has 0 bridgehead atoms. The molecule has 2 heterocycles. The summed E-state index contributed by atoms with van der Waals surface area (Å²) in [6, 6.07) is 8.15. The van der Waals surface area contributed by atoms with E-state index in [1.165, 1.54) is 0 Å². The molecule has 4 heteroatoms. The first-order valence-electron chi connectivity index (χ1n) is 7.65. The number of carbonyl (C=O) groups is 1. The second kappa shape index (κ2) is 5.87. The minimum Gasteiger partial charge on any atom is -0.490 e. The lowest BCUT2D eigenvalue weighted by Gasteiger charge is -2.20. The third kappa shape index (κ3) is 2.49. The zero-order valence-corrected chi connectivity index (χ0v) is 13.3. The zero-order chi connectivity index (χ0) is 15.7. The van der Waals surface area contributed by atoms with Crippen LogP contribution in [-0.4, -0.2) is 24.1 Å². The molecule has 0 amide bonds. The molecule has 2 aromatic rings. The molecule has 1 aromatic carbocycles. The Morgan fingerprint density at radius 1 is 1.14 bits per heavy atom. The normalized spacial score (nSPS) is 15.2. The number of nitrogens with zero attached hydrogens (tertiary/aromatic N) is 1. The molecular formula is C18H21NO3. The predicted molar refractivity (Wildman–Crippen MR) is 85.2 cm³/mol. The van der Waals surface area contributed by atoms with Crippen LogP contribution < -0.4 is 9.47 Å². The molecule has 0 N–H and O–H groups in total. The van der Waals surface area contributed by atoms with Gasteiger partial charge < -0.3 is 14.0 Å². The Hall–Kier alpha value is -2.23. The quantitative estimate of drug-likeness (QED) is 0.812. The van der Waals surface area contributed by atoms with Crippen molar-refractivity contribution in [1.82, 2.24) is 4.57 Å². The van der Waals surface area contributed by atoms with Crippen molar-refractivity contribution in [3.8, 4) is 11.5 Å². The van der Waals surface area contributed by atoms with E-state index in [4.69, 9.17) is 9.47 Å². The largest absolute Gasteiger partial charge is 0.490 e. The van der Waals surface area contributed by atoms with Gasteiger partial charge in [-0.3, -0.25) is 4.79 Å². The van der Waals surface area contributed by atoms with E-state index in [-0.39, 0.29) is 6.04 Å². The first-order chi connectivity index (χ1) is 10.6. The summed E-state index contributed by atoms with van der Waals surface area (Å²) in [5.41, 5.74) is 3.97. The van der Waals surface area contributed by atoms with Gasteiger partial charge in [-0.15, -0.1) is 0 Å². The Morgan fingerprint density at radius 2 is 1.86 bits per heavy atom. The van der Waals surface area contributed by atoms with Crippen LogP contribution in [0.3, 0.4) is 0 Å². The second-order valence-corrected chi connectivity index (χ2v) is 5.75. The number of aryl methyl sites for hydroxylation is 1. The Morgan fingerprint density at radius 3 is 2.55 bits per heavy atom. The van der Waals surface area contributed by atoms with Crippen molar-refractivity contribution in [2.45, 2.75) is 33.2 Å². The SMILES string of the molecule is Cc1cc(C=O)c(C)n1C(C)c1ccc2c(c1)OCCCO2. The lowest BCUT2D eigenvalue weighted by Crippen LogP contribution is -2.10. The number of fused-ring (bicyclic) bond motifs is 1. The van der Waals surface area contributed by atoms with Gasteiger partial charge in [-0.2, -0.15) is 0 Å². The van der Waals surface area contributed by atoms with Crippen LogP contribution in [0.25, 0.3) is 0 Å². The van der Waals surface area contributed by atoms with E-state index in [1.807, 2.05) is 32.0 Å². The van der Waals surface area contributed by atoms with Crippen molar-refractivity contribution in [3.63, 3.8) is 0 Å². The summed E-state index contributed by atoms with van der Waals surface area (Å²) in [5.74, 6) is 1.61. The number of ether oxygens (including phenoxy) is 2. The van der Waals surface area contributed by atoms with Crippen LogP contribution in [-0.2, 0) is 0 Å². The van der Waals surface area contributed by atoms with Gasteiger partial charge in [0, 0.05) is 23.4 Å². The summed E-state index contributed by atoms with van der Waals surface area (Å²) in [6.07, 6.45) is 1.82. The molecule has 0 saturated heterocycles. The van der Waals surface area contributed by atoms with Gasteiger partial charge in [-0.05, 0) is 44.5 Å². The number of rotatable bonds is 3. The number of aromatic nitrogens is 1. The molecule has 0 saturated carbocycles. The van der Waals surface area contributed by atoms with E-state index in [1.54, 1.807) is 0 Å². The average molecular weight is 299 g/mol. The summed E-state index contributed by atoms with van der Waals surface area (Å²) < 4.78 is 13.6. The van der Waals surface area contributed by atoms with Crippen molar-refractivity contribution in [2.24, 2.45) is 0 Å². The molecule has 0 fully saturated rings. The Balaban J connectivity index is 1.99. The monoisotopic (exact) mass is 299 g/mol. The average Bonchev–Trinajstić information content (AvgIpc) is 2.69. The molecule has 22 heavy (non-hydrogen) atoms. The fourth-order valence-corrected chi connectivity index (χ4v) is 3.11. The minimum atomic E-state index is 0.130. The molecule has 1 unspecified atom stereocenters. The Kier molecular flexibility index (Phi) is 3.92. The Bertz CT molecular complexity index is 703. The smallest absolute Gasteiger partial charge is 0.161 e. The molecular weight excluding hydrogens is 278 g/mol. The lowest BCUT2D eigenvalue weighted by atomic mass is 10.1. The molecule has 0 radical (unpaired) electrons. The molecule has 116 valence electrons. The zero-order valence-electron chi connectivity index (χ0n) is 13.3. The van der Waals surface area contributed by atoms with Crippen molar-refractivity contribution >= 4 is 6.29 Å². The van der Waals surface area contributed by atoms with Gasteiger partial charge >= 0.3 is 0 Å². The van der Waals surface area contributed by atoms with Gasteiger partial charge in [0.25, 0.3) is 0 Å². The van der Waals surface area contributed by atoms with Gasteiger partial charge in [-0.25, -0.2) is 0 Å². The second-order valence-electron chi connectivity index (χ2n) is 5.75. The van der Waals surface area contributed by atoms with E-state index in [0.29, 0.717) is 13.2 Å². The van der Waals surface area contributed by atoms with E-state index < -0.39 is 0 Å². The molecule has 0 spiro atoms. The standard InChI is InChI=1S/C18H21NO3/c1-12-9-16(11-20)14(3)19(12)13(2)15-5-6-17-18(10-15)22-8-4-7-21-17/h5-6,9-11,13H,4,7-8H2,1-3H3. The molecule has 1 atom stereocenters. The highest BCUT2D eigenvalue weighted by molar-refractivity contribution is 5.77. The van der Waals surface area contributed by atoms with Gasteiger partial charge in [0.2, 0.25) is 0 Å². The van der Waals surface area contributed by atoms with Crippen molar-refractivity contribution < 1.29 is 14.3 Å². The molecule has 4 nitrogen and oxygen atoms in total. The van der Waals surface area contributed by atoms with E-state index in [0.717, 1.165) is 46.7 Å². The van der Waals surface area contributed by atoms with Crippen LogP contribution in [0.15, 0.2) is 24.3 Å². The number of hydrogen-bond donors (Lipinski definition) is 0. The topological polar surface area (TPSA) is 40.5 Å². The molecule has 1 aromatic heterocycles. The summed E-state index contributed by atoms with van der Waals surface area (Å²) in [4.78, 5) is 11.1. The third-order valence-corrected chi connectivity index (χ3v) is 4.29. The maximum Gasteiger partial charge on any atom is 0.161 e. The first kappa shape index (κ1) is 14.7. The van der Waals surface area contributed by atoms with Crippen LogP contribution in [0.2, 0.25) is 0 Å². The van der Waals surface area contributed by atoms with Crippen LogP contribution in [0, 0.1) is 13.8 Å². The van der Waals surface area contributed by atoms with Crippen LogP contribution in [0.4, 0.5) is 0 Å². The highest BCUT2D eigenvalue weighted by atomic mass is 16.5. The molecule has 3 rings (SSSR count). The highest BCUT2D eigenvalue weighted by Gasteiger charge is 2.18. The number of aldehydes is 1. The molecule has 0 aliphatic carbocycles. The van der Waals surface area contributed by atoms with Crippen molar-refractivity contribution in [3.05, 3.63) is 46.8 Å². The van der Waals surface area contributed by atoms with Crippen molar-refractivity contribution in [2.75, 3.05) is 13.2 Å². The fraction of sp³-hybridized carbons (Fsp3) is 0.389. The van der Waals surface area contributed by atoms with Gasteiger partial charge in [0.1, 0.15) is 0 Å². The highest BCUT2D eigenvalue weighted by Crippen LogP contribution is 2.34. The Labute approximate surface area is 130 Å². The minimum absolute atomic E-state index is 0.130. The number of benzene rings is 1. The lowest BCUT2D eigenvalue weighted by molar-refractivity contribution is 0.112. The summed E-state index contributed by atoms with van der Waals surface area (Å²) in [6.45, 7) is 7.52. The van der Waals surface area contributed by atoms with E-state index in [9.17, 15) is 4.79 Å². The fourth-order valence-electron chi connectivity index (χ4n) is 3.11. The van der Waals surface area contributed by atoms with E-state index in [2.05, 4.69) is 17.6 Å². The summed E-state index contributed by atoms with van der Waals surface area (Å²) in [7, 11) is 0. The number of hydrogen-bond acceptors (Lipinski definition) is 3. The van der Waals surface area contributed by atoms with Crippen LogP contribution in [0.1, 0.15) is 46.7 Å².